The Morgan fingerprint density at radius 2 is 1.92 bits per heavy atom. The predicted octanol–water partition coefficient (Wildman–Crippen LogP) is 4.18. The van der Waals surface area contributed by atoms with Crippen molar-refractivity contribution in [2.75, 3.05) is 0 Å². The SMILES string of the molecule is Fc1c(Cl)cc(C(F)F)cc1Br. The third-order valence-corrected chi connectivity index (χ3v) is 2.11. The first-order valence-electron chi connectivity index (χ1n) is 2.95. The van der Waals surface area contributed by atoms with Gasteiger partial charge in [0.15, 0.2) is 5.82 Å². The topological polar surface area (TPSA) is 0 Å². The molecule has 0 fully saturated rings. The third-order valence-electron chi connectivity index (χ3n) is 1.26. The Bertz CT molecular complexity index is 278. The van der Waals surface area contributed by atoms with Gasteiger partial charge in [0.2, 0.25) is 0 Å². The number of rotatable bonds is 1. The van der Waals surface area contributed by atoms with E-state index in [0.717, 1.165) is 12.1 Å². The van der Waals surface area contributed by atoms with Crippen LogP contribution >= 0.6 is 27.5 Å². The van der Waals surface area contributed by atoms with Crippen molar-refractivity contribution in [1.29, 1.82) is 0 Å². The molecular formula is C7H3BrClF3. The van der Waals surface area contributed by atoms with Crippen molar-refractivity contribution in [2.24, 2.45) is 0 Å². The molecule has 0 aliphatic carbocycles. The molecular weight excluding hydrogens is 256 g/mol. The maximum Gasteiger partial charge on any atom is 0.263 e. The monoisotopic (exact) mass is 258 g/mol. The molecule has 0 N–H and O–H groups in total. The van der Waals surface area contributed by atoms with Crippen molar-refractivity contribution in [3.05, 3.63) is 33.0 Å². The molecule has 0 atom stereocenters. The van der Waals surface area contributed by atoms with Crippen molar-refractivity contribution in [2.45, 2.75) is 6.43 Å². The molecule has 0 heterocycles. The van der Waals surface area contributed by atoms with E-state index in [1.165, 1.54) is 0 Å². The molecule has 0 spiro atoms. The van der Waals surface area contributed by atoms with Crippen molar-refractivity contribution >= 4 is 27.5 Å². The molecule has 0 radical (unpaired) electrons. The van der Waals surface area contributed by atoms with Crippen molar-refractivity contribution in [3.8, 4) is 0 Å². The molecule has 12 heavy (non-hydrogen) atoms. The number of hydrogen-bond donors (Lipinski definition) is 0. The summed E-state index contributed by atoms with van der Waals surface area (Å²) >= 11 is 8.10. The summed E-state index contributed by atoms with van der Waals surface area (Å²) in [6.07, 6.45) is -2.64. The predicted molar refractivity (Wildman–Crippen MR) is 44.1 cm³/mol. The average molecular weight is 259 g/mol. The molecule has 0 unspecified atom stereocenters. The van der Waals surface area contributed by atoms with Crippen LogP contribution < -0.4 is 0 Å². The normalized spacial score (nSPS) is 10.8. The lowest BCUT2D eigenvalue weighted by Gasteiger charge is -2.02. The lowest BCUT2D eigenvalue weighted by molar-refractivity contribution is 0.151. The first kappa shape index (κ1) is 9.86. The summed E-state index contributed by atoms with van der Waals surface area (Å²) in [5, 5.41) is -0.306. The second-order valence-electron chi connectivity index (χ2n) is 2.10. The van der Waals surface area contributed by atoms with Gasteiger partial charge in [-0.25, -0.2) is 13.2 Å². The van der Waals surface area contributed by atoms with Crippen LogP contribution in [0.5, 0.6) is 0 Å². The van der Waals surface area contributed by atoms with Gasteiger partial charge in [0.1, 0.15) is 0 Å². The van der Waals surface area contributed by atoms with E-state index in [2.05, 4.69) is 15.9 Å². The summed E-state index contributed by atoms with van der Waals surface area (Å²) in [4.78, 5) is 0. The van der Waals surface area contributed by atoms with E-state index in [1.807, 2.05) is 0 Å². The highest BCUT2D eigenvalue weighted by molar-refractivity contribution is 9.10. The summed E-state index contributed by atoms with van der Waals surface area (Å²) in [6, 6.07) is 1.91. The van der Waals surface area contributed by atoms with Gasteiger partial charge in [0, 0.05) is 5.56 Å². The highest BCUT2D eigenvalue weighted by Gasteiger charge is 2.12. The highest BCUT2D eigenvalue weighted by atomic mass is 79.9. The summed E-state index contributed by atoms with van der Waals surface area (Å²) in [5.41, 5.74) is -0.298. The third kappa shape index (κ3) is 1.93. The Balaban J connectivity index is 3.21. The number of benzene rings is 1. The van der Waals surface area contributed by atoms with E-state index in [0.29, 0.717) is 0 Å². The Kier molecular flexibility index (Phi) is 3.01. The van der Waals surface area contributed by atoms with E-state index in [1.54, 1.807) is 0 Å². The quantitative estimate of drug-likeness (QED) is 0.664. The standard InChI is InChI=1S/C7H3BrClF3/c8-4-1-3(7(11)12)2-5(9)6(4)10/h1-2,7H. The fourth-order valence-corrected chi connectivity index (χ4v) is 1.52. The van der Waals surface area contributed by atoms with Gasteiger partial charge in [-0.3, -0.25) is 0 Å². The first-order valence-corrected chi connectivity index (χ1v) is 4.12. The molecule has 1 rings (SSSR count). The molecule has 0 saturated carbocycles. The summed E-state index contributed by atoms with van der Waals surface area (Å²) < 4.78 is 36.8. The van der Waals surface area contributed by atoms with Crippen LogP contribution in [0, 0.1) is 5.82 Å². The second kappa shape index (κ2) is 3.66. The van der Waals surface area contributed by atoms with Gasteiger partial charge < -0.3 is 0 Å². The van der Waals surface area contributed by atoms with Gasteiger partial charge in [-0.05, 0) is 28.1 Å². The van der Waals surface area contributed by atoms with E-state index < -0.39 is 12.2 Å². The van der Waals surface area contributed by atoms with E-state index in [9.17, 15) is 13.2 Å². The van der Waals surface area contributed by atoms with Gasteiger partial charge in [0.25, 0.3) is 6.43 Å². The Morgan fingerprint density at radius 3 is 2.33 bits per heavy atom. The fourth-order valence-electron chi connectivity index (χ4n) is 0.701. The van der Waals surface area contributed by atoms with E-state index in [4.69, 9.17) is 11.6 Å². The zero-order valence-corrected chi connectivity index (χ0v) is 7.96. The largest absolute Gasteiger partial charge is 0.263 e. The van der Waals surface area contributed by atoms with Gasteiger partial charge in [-0.15, -0.1) is 0 Å². The van der Waals surface area contributed by atoms with Gasteiger partial charge in [-0.1, -0.05) is 11.6 Å². The summed E-state index contributed by atoms with van der Waals surface area (Å²) in [6.45, 7) is 0. The molecule has 0 aromatic heterocycles. The lowest BCUT2D eigenvalue weighted by Crippen LogP contribution is -1.87. The Labute approximate surface area is 80.5 Å². The molecule has 0 aliphatic heterocycles. The van der Waals surface area contributed by atoms with Crippen molar-refractivity contribution in [3.63, 3.8) is 0 Å². The zero-order chi connectivity index (χ0) is 9.30. The van der Waals surface area contributed by atoms with E-state index in [-0.39, 0.29) is 15.1 Å². The van der Waals surface area contributed by atoms with Crippen LogP contribution in [0.2, 0.25) is 5.02 Å². The molecule has 0 amide bonds. The maximum atomic E-state index is 12.8. The zero-order valence-electron chi connectivity index (χ0n) is 5.62. The molecule has 1 aromatic rings. The molecule has 0 saturated heterocycles. The first-order chi connectivity index (χ1) is 5.52. The number of hydrogen-bond acceptors (Lipinski definition) is 0. The van der Waals surface area contributed by atoms with Gasteiger partial charge in [0.05, 0.1) is 9.50 Å². The maximum absolute atomic E-state index is 12.8. The summed E-state index contributed by atoms with van der Waals surface area (Å²) in [5.74, 6) is -0.721. The molecule has 5 heteroatoms. The van der Waals surface area contributed by atoms with Crippen LogP contribution in [0.15, 0.2) is 16.6 Å². The molecule has 66 valence electrons. The smallest absolute Gasteiger partial charge is 0.205 e. The van der Waals surface area contributed by atoms with Gasteiger partial charge >= 0.3 is 0 Å². The van der Waals surface area contributed by atoms with Gasteiger partial charge in [-0.2, -0.15) is 0 Å². The Hall–Kier alpha value is -0.220. The lowest BCUT2D eigenvalue weighted by atomic mass is 10.2. The average Bonchev–Trinajstić information content (AvgIpc) is 1.99. The fraction of sp³-hybridized carbons (Fsp3) is 0.143. The van der Waals surface area contributed by atoms with Crippen LogP contribution in [0.1, 0.15) is 12.0 Å². The minimum atomic E-state index is -2.64. The van der Waals surface area contributed by atoms with E-state index >= 15 is 0 Å². The van der Waals surface area contributed by atoms with Crippen molar-refractivity contribution in [1.82, 2.24) is 0 Å². The molecule has 1 aromatic carbocycles. The second-order valence-corrected chi connectivity index (χ2v) is 3.36. The van der Waals surface area contributed by atoms with Crippen molar-refractivity contribution < 1.29 is 13.2 Å². The number of alkyl halides is 2. The Morgan fingerprint density at radius 1 is 1.33 bits per heavy atom. The van der Waals surface area contributed by atoms with Crippen LogP contribution in [0.3, 0.4) is 0 Å². The minimum Gasteiger partial charge on any atom is -0.205 e. The van der Waals surface area contributed by atoms with Crippen LogP contribution in [0.25, 0.3) is 0 Å². The van der Waals surface area contributed by atoms with Crippen LogP contribution in [-0.4, -0.2) is 0 Å². The molecule has 0 aliphatic rings. The minimum absolute atomic E-state index is 0.0506. The molecule has 0 bridgehead atoms. The highest BCUT2D eigenvalue weighted by Crippen LogP contribution is 2.29. The van der Waals surface area contributed by atoms with Crippen LogP contribution in [0.4, 0.5) is 13.2 Å². The number of halogens is 5. The summed E-state index contributed by atoms with van der Waals surface area (Å²) in [7, 11) is 0. The van der Waals surface area contributed by atoms with Crippen LogP contribution in [-0.2, 0) is 0 Å². The molecule has 0 nitrogen and oxygen atoms in total.